The number of fused-ring (bicyclic) bond motifs is 2. The van der Waals surface area contributed by atoms with E-state index >= 15 is 0 Å². The Hall–Kier alpha value is -3.78. The fraction of sp³-hybridized carbons (Fsp3) is 0.0455. The van der Waals surface area contributed by atoms with Crippen molar-refractivity contribution in [1.82, 2.24) is 25.1 Å². The molecule has 0 aliphatic rings. The summed E-state index contributed by atoms with van der Waals surface area (Å²) in [5.74, 6) is 0.469. The zero-order valence-corrected chi connectivity index (χ0v) is 16.6. The van der Waals surface area contributed by atoms with Crippen LogP contribution in [0.2, 0.25) is 0 Å². The number of aromatic amines is 1. The van der Waals surface area contributed by atoms with Crippen molar-refractivity contribution in [3.05, 3.63) is 84.4 Å². The molecule has 0 unspecified atom stereocenters. The van der Waals surface area contributed by atoms with E-state index in [1.54, 1.807) is 24.0 Å². The molecule has 0 aliphatic heterocycles. The van der Waals surface area contributed by atoms with Gasteiger partial charge in [-0.25, -0.2) is 15.0 Å². The highest BCUT2D eigenvalue weighted by Gasteiger charge is 2.10. The molecule has 0 fully saturated rings. The molecule has 0 radical (unpaired) electrons. The Kier molecular flexibility index (Phi) is 4.82. The minimum atomic E-state index is -0.235. The van der Waals surface area contributed by atoms with Crippen LogP contribution in [0.4, 0.5) is 5.69 Å². The number of benzene rings is 2. The predicted octanol–water partition coefficient (Wildman–Crippen LogP) is 4.45. The molecule has 0 atom stereocenters. The summed E-state index contributed by atoms with van der Waals surface area (Å²) in [6.45, 7) is 0. The zero-order valence-electron chi connectivity index (χ0n) is 15.7. The third kappa shape index (κ3) is 3.72. The Bertz CT molecular complexity index is 1370. The Morgan fingerprint density at radius 3 is 2.93 bits per heavy atom. The highest BCUT2D eigenvalue weighted by atomic mass is 32.2. The summed E-state index contributed by atoms with van der Waals surface area (Å²) < 4.78 is 0. The smallest absolute Gasteiger partial charge is 0.274 e. The van der Waals surface area contributed by atoms with Gasteiger partial charge in [-0.1, -0.05) is 36.4 Å². The van der Waals surface area contributed by atoms with Gasteiger partial charge in [0.2, 0.25) is 0 Å². The van der Waals surface area contributed by atoms with Gasteiger partial charge in [-0.3, -0.25) is 9.89 Å². The van der Waals surface area contributed by atoms with Crippen molar-refractivity contribution < 1.29 is 4.79 Å². The van der Waals surface area contributed by atoms with Crippen molar-refractivity contribution in [3.63, 3.8) is 0 Å². The molecule has 0 aliphatic carbocycles. The molecule has 146 valence electrons. The number of nitrogens with one attached hydrogen (secondary N) is 2. The van der Waals surface area contributed by atoms with E-state index in [9.17, 15) is 4.79 Å². The predicted molar refractivity (Wildman–Crippen MR) is 117 cm³/mol. The van der Waals surface area contributed by atoms with Crippen LogP contribution >= 0.6 is 11.8 Å². The van der Waals surface area contributed by atoms with E-state index < -0.39 is 0 Å². The van der Waals surface area contributed by atoms with Crippen LogP contribution in [-0.4, -0.2) is 31.1 Å². The number of anilines is 1. The summed E-state index contributed by atoms with van der Waals surface area (Å²) in [6.07, 6.45) is 3.25. The standard InChI is InChI=1S/C22H16N6OS/c29-21(19-9-8-15-5-1-2-7-18(15)27-19)26-16-6-3-4-14(10-16)12-30-22-17-11-25-28-20(17)23-13-24-22/h1-11,13H,12H2,(H,26,29)(H,23,24,25,28). The second-order valence-electron chi connectivity index (χ2n) is 6.64. The minimum Gasteiger partial charge on any atom is -0.321 e. The molecule has 2 aromatic carbocycles. The lowest BCUT2D eigenvalue weighted by Gasteiger charge is -2.08. The molecular formula is C22H16N6OS. The third-order valence-electron chi connectivity index (χ3n) is 4.60. The number of aromatic nitrogens is 5. The summed E-state index contributed by atoms with van der Waals surface area (Å²) in [4.78, 5) is 25.6. The molecule has 3 heterocycles. The lowest BCUT2D eigenvalue weighted by molar-refractivity contribution is 0.102. The van der Waals surface area contributed by atoms with Crippen LogP contribution in [0.15, 0.2) is 78.2 Å². The molecule has 2 N–H and O–H groups in total. The number of nitrogens with zero attached hydrogens (tertiary/aromatic N) is 4. The molecule has 0 bridgehead atoms. The first-order chi connectivity index (χ1) is 14.8. The van der Waals surface area contributed by atoms with Crippen LogP contribution in [-0.2, 0) is 5.75 Å². The normalized spacial score (nSPS) is 11.1. The molecule has 30 heavy (non-hydrogen) atoms. The quantitative estimate of drug-likeness (QED) is 0.327. The van der Waals surface area contributed by atoms with Gasteiger partial charge in [-0.2, -0.15) is 5.10 Å². The summed E-state index contributed by atoms with van der Waals surface area (Å²) in [5, 5.41) is 12.6. The number of thioether (sulfide) groups is 1. The van der Waals surface area contributed by atoms with Gasteiger partial charge in [-0.15, -0.1) is 11.8 Å². The summed E-state index contributed by atoms with van der Waals surface area (Å²) in [7, 11) is 0. The van der Waals surface area contributed by atoms with Crippen LogP contribution in [0.5, 0.6) is 0 Å². The van der Waals surface area contributed by atoms with Crippen molar-refractivity contribution in [2.45, 2.75) is 10.8 Å². The van der Waals surface area contributed by atoms with Crippen molar-refractivity contribution in [3.8, 4) is 0 Å². The molecule has 0 saturated carbocycles. The number of amides is 1. The number of hydrogen-bond acceptors (Lipinski definition) is 6. The molecular weight excluding hydrogens is 396 g/mol. The van der Waals surface area contributed by atoms with E-state index in [4.69, 9.17) is 0 Å². The van der Waals surface area contributed by atoms with Gasteiger partial charge in [0.1, 0.15) is 17.0 Å². The molecule has 1 amide bonds. The average Bonchev–Trinajstić information content (AvgIpc) is 3.27. The highest BCUT2D eigenvalue weighted by molar-refractivity contribution is 7.98. The monoisotopic (exact) mass is 412 g/mol. The molecule has 7 nitrogen and oxygen atoms in total. The van der Waals surface area contributed by atoms with Gasteiger partial charge >= 0.3 is 0 Å². The first-order valence-corrected chi connectivity index (χ1v) is 10.3. The number of para-hydroxylation sites is 1. The molecule has 8 heteroatoms. The largest absolute Gasteiger partial charge is 0.321 e. The van der Waals surface area contributed by atoms with E-state index in [1.807, 2.05) is 54.6 Å². The topological polar surface area (TPSA) is 96.5 Å². The Morgan fingerprint density at radius 2 is 1.97 bits per heavy atom. The van der Waals surface area contributed by atoms with Crippen LogP contribution < -0.4 is 5.32 Å². The lowest BCUT2D eigenvalue weighted by Crippen LogP contribution is -2.13. The summed E-state index contributed by atoms with van der Waals surface area (Å²) in [6, 6.07) is 19.1. The van der Waals surface area contributed by atoms with Gasteiger partial charge in [0.15, 0.2) is 5.65 Å². The summed E-state index contributed by atoms with van der Waals surface area (Å²) >= 11 is 1.60. The van der Waals surface area contributed by atoms with Crippen molar-refractivity contribution in [2.24, 2.45) is 0 Å². The molecule has 5 aromatic rings. The number of H-pyrrole nitrogens is 1. The molecule has 0 spiro atoms. The number of carbonyl (C=O) groups is 1. The Morgan fingerprint density at radius 1 is 1.03 bits per heavy atom. The van der Waals surface area contributed by atoms with E-state index in [0.717, 1.165) is 38.2 Å². The maximum absolute atomic E-state index is 12.7. The van der Waals surface area contributed by atoms with Gasteiger partial charge < -0.3 is 5.32 Å². The lowest BCUT2D eigenvalue weighted by atomic mass is 10.2. The van der Waals surface area contributed by atoms with E-state index in [-0.39, 0.29) is 5.91 Å². The van der Waals surface area contributed by atoms with E-state index in [1.165, 1.54) is 6.33 Å². The molecule has 5 rings (SSSR count). The van der Waals surface area contributed by atoms with E-state index in [2.05, 4.69) is 30.5 Å². The number of pyridine rings is 1. The second-order valence-corrected chi connectivity index (χ2v) is 7.61. The second kappa shape index (κ2) is 7.92. The molecule has 3 aromatic heterocycles. The number of carbonyl (C=O) groups excluding carboxylic acids is 1. The Labute approximate surface area is 176 Å². The SMILES string of the molecule is O=C(Nc1cccc(CSc2ncnc3[nH]ncc23)c1)c1ccc2ccccc2n1. The van der Waals surface area contributed by atoms with Crippen molar-refractivity contribution >= 4 is 45.3 Å². The zero-order chi connectivity index (χ0) is 20.3. The van der Waals surface area contributed by atoms with Crippen molar-refractivity contribution in [2.75, 3.05) is 5.32 Å². The fourth-order valence-electron chi connectivity index (χ4n) is 3.14. The van der Waals surface area contributed by atoms with Crippen LogP contribution in [0.25, 0.3) is 21.9 Å². The Balaban J connectivity index is 1.30. The van der Waals surface area contributed by atoms with Gasteiger partial charge in [0.25, 0.3) is 5.91 Å². The average molecular weight is 412 g/mol. The number of hydrogen-bond donors (Lipinski definition) is 2. The van der Waals surface area contributed by atoms with Crippen molar-refractivity contribution in [1.29, 1.82) is 0 Å². The highest BCUT2D eigenvalue weighted by Crippen LogP contribution is 2.27. The molecule has 0 saturated heterocycles. The van der Waals surface area contributed by atoms with Gasteiger partial charge in [-0.05, 0) is 29.8 Å². The first kappa shape index (κ1) is 18.3. The maximum atomic E-state index is 12.7. The first-order valence-electron chi connectivity index (χ1n) is 9.29. The number of rotatable bonds is 5. The van der Waals surface area contributed by atoms with Crippen LogP contribution in [0, 0.1) is 0 Å². The minimum absolute atomic E-state index is 0.235. The maximum Gasteiger partial charge on any atom is 0.274 e. The fourth-order valence-corrected chi connectivity index (χ4v) is 4.05. The third-order valence-corrected chi connectivity index (χ3v) is 5.68. The van der Waals surface area contributed by atoms with Gasteiger partial charge in [0, 0.05) is 16.8 Å². The van der Waals surface area contributed by atoms with Gasteiger partial charge in [0.05, 0.1) is 17.1 Å². The van der Waals surface area contributed by atoms with Crippen LogP contribution in [0.3, 0.4) is 0 Å². The van der Waals surface area contributed by atoms with E-state index in [0.29, 0.717) is 11.4 Å². The van der Waals surface area contributed by atoms with Crippen LogP contribution in [0.1, 0.15) is 16.1 Å². The summed E-state index contributed by atoms with van der Waals surface area (Å²) in [5.41, 5.74) is 3.70.